The van der Waals surface area contributed by atoms with Crippen LogP contribution in [0, 0.1) is 0 Å². The van der Waals surface area contributed by atoms with E-state index >= 15 is 0 Å². The van der Waals surface area contributed by atoms with Gasteiger partial charge in [0.05, 0.1) is 0 Å². The van der Waals surface area contributed by atoms with Crippen molar-refractivity contribution >= 4 is 35.5 Å². The van der Waals surface area contributed by atoms with Crippen LogP contribution in [0.1, 0.15) is 12.8 Å². The Labute approximate surface area is 198 Å². The molecular formula is C24H20O4S2Zr. The fraction of sp³-hybridized carbons (Fsp3) is 0.0833. The van der Waals surface area contributed by atoms with Crippen molar-refractivity contribution in [1.29, 1.82) is 0 Å². The van der Waals surface area contributed by atoms with Crippen LogP contribution in [0.2, 0.25) is 0 Å². The quantitative estimate of drug-likeness (QED) is 0.329. The van der Waals surface area contributed by atoms with Crippen LogP contribution in [-0.2, 0) is 21.1 Å². The first-order chi connectivity index (χ1) is 15.2. The van der Waals surface area contributed by atoms with Crippen molar-refractivity contribution in [2.75, 3.05) is 0 Å². The molecule has 0 aromatic heterocycles. The molecule has 0 spiro atoms. The first kappa shape index (κ1) is 21.9. The molecule has 0 radical (unpaired) electrons. The van der Waals surface area contributed by atoms with Gasteiger partial charge in [-0.15, -0.1) is 0 Å². The van der Waals surface area contributed by atoms with Crippen molar-refractivity contribution in [3.63, 3.8) is 0 Å². The number of hydrogen-bond acceptors (Lipinski definition) is 6. The van der Waals surface area contributed by atoms with Gasteiger partial charge in [-0.1, -0.05) is 0 Å². The van der Waals surface area contributed by atoms with Gasteiger partial charge in [0.15, 0.2) is 0 Å². The molecule has 2 aromatic carbocycles. The molecule has 2 aliphatic carbocycles. The molecule has 0 bridgehead atoms. The SMILES string of the molecule is S=COc1cccc([O][Zr]([O]c2cccc(OC=S)c2)([C]2=CC=CC2)[C]2=CC=CC2)c1. The minimum atomic E-state index is -4.09. The molecule has 2 aliphatic rings. The second-order valence-electron chi connectivity index (χ2n) is 6.85. The Morgan fingerprint density at radius 2 is 1.13 bits per heavy atom. The third-order valence-corrected chi connectivity index (χ3v) is 13.6. The van der Waals surface area contributed by atoms with Gasteiger partial charge in [-0.3, -0.25) is 0 Å². The van der Waals surface area contributed by atoms with Gasteiger partial charge in [0, 0.05) is 0 Å². The van der Waals surface area contributed by atoms with Crippen LogP contribution >= 0.6 is 24.4 Å². The Kier molecular flexibility index (Phi) is 7.28. The number of allylic oxidation sites excluding steroid dienone is 8. The van der Waals surface area contributed by atoms with Gasteiger partial charge in [-0.05, 0) is 0 Å². The Bertz CT molecular complexity index is 1020. The molecule has 0 N–H and O–H groups in total. The van der Waals surface area contributed by atoms with Crippen LogP contribution in [0.3, 0.4) is 0 Å². The summed E-state index contributed by atoms with van der Waals surface area (Å²) in [6.45, 7) is 0. The second-order valence-corrected chi connectivity index (χ2v) is 14.4. The van der Waals surface area contributed by atoms with E-state index in [-0.39, 0.29) is 0 Å². The normalized spacial score (nSPS) is 14.6. The Balaban J connectivity index is 1.77. The van der Waals surface area contributed by atoms with E-state index in [1.165, 1.54) is 17.7 Å². The fourth-order valence-electron chi connectivity index (χ4n) is 3.54. The van der Waals surface area contributed by atoms with E-state index in [4.69, 9.17) is 39.5 Å². The minimum absolute atomic E-state index is 0.626. The molecule has 0 atom stereocenters. The molecule has 156 valence electrons. The second kappa shape index (κ2) is 10.3. The predicted octanol–water partition coefficient (Wildman–Crippen LogP) is 6.49. The first-order valence-electron chi connectivity index (χ1n) is 9.74. The number of hydrogen-bond donors (Lipinski definition) is 0. The molecule has 0 unspecified atom stereocenters. The van der Waals surface area contributed by atoms with Crippen LogP contribution in [0.25, 0.3) is 0 Å². The number of ether oxygens (including phenoxy) is 2. The molecule has 4 rings (SSSR count). The Morgan fingerprint density at radius 1 is 0.677 bits per heavy atom. The fourth-order valence-corrected chi connectivity index (χ4v) is 11.9. The van der Waals surface area contributed by atoms with Gasteiger partial charge in [0.25, 0.3) is 0 Å². The first-order valence-corrected chi connectivity index (χ1v) is 15.2. The molecule has 4 nitrogen and oxygen atoms in total. The van der Waals surface area contributed by atoms with E-state index in [1.807, 2.05) is 48.5 Å². The van der Waals surface area contributed by atoms with Crippen molar-refractivity contribution in [1.82, 2.24) is 0 Å². The molecule has 0 saturated carbocycles. The van der Waals surface area contributed by atoms with E-state index < -0.39 is 21.1 Å². The zero-order chi connectivity index (χ0) is 21.5. The van der Waals surface area contributed by atoms with Crippen molar-refractivity contribution in [2.24, 2.45) is 0 Å². The summed E-state index contributed by atoms with van der Waals surface area (Å²) in [6.07, 6.45) is 14.3. The van der Waals surface area contributed by atoms with Gasteiger partial charge < -0.3 is 0 Å². The number of rotatable bonds is 10. The molecule has 0 amide bonds. The number of benzene rings is 2. The standard InChI is InChI=1S/2C7H6O2S.2C5H5.Zr/c2*8-6-2-1-3-7(4-6)9-5-10;2*1-2-4-5-3-1;/h2*1-5,8H;2*1-3H,4H2;/q;;;;+2/p-2. The van der Waals surface area contributed by atoms with Crippen molar-refractivity contribution in [3.8, 4) is 23.0 Å². The molecular weight excluding hydrogens is 508 g/mol. The average Bonchev–Trinajstić information content (AvgIpc) is 3.49. The zero-order valence-electron chi connectivity index (χ0n) is 16.6. The van der Waals surface area contributed by atoms with E-state index in [1.54, 1.807) is 0 Å². The van der Waals surface area contributed by atoms with Gasteiger partial charge >= 0.3 is 199 Å². The third-order valence-electron chi connectivity index (χ3n) is 4.89. The van der Waals surface area contributed by atoms with Gasteiger partial charge in [-0.25, -0.2) is 0 Å². The van der Waals surface area contributed by atoms with Crippen molar-refractivity contribution < 1.29 is 36.2 Å². The van der Waals surface area contributed by atoms with Crippen molar-refractivity contribution in [3.05, 3.63) is 91.5 Å². The molecule has 0 saturated heterocycles. The van der Waals surface area contributed by atoms with Crippen LogP contribution in [0.15, 0.2) is 91.5 Å². The van der Waals surface area contributed by atoms with Crippen LogP contribution in [0.5, 0.6) is 23.0 Å². The molecule has 2 aromatic rings. The van der Waals surface area contributed by atoms with Gasteiger partial charge in [0.2, 0.25) is 0 Å². The summed E-state index contributed by atoms with van der Waals surface area (Å²) in [7, 11) is 0. The molecule has 0 aliphatic heterocycles. The topological polar surface area (TPSA) is 36.9 Å². The van der Waals surface area contributed by atoms with Crippen molar-refractivity contribution in [2.45, 2.75) is 12.8 Å². The summed E-state index contributed by atoms with van der Waals surface area (Å²) >= 11 is 5.56. The van der Waals surface area contributed by atoms with Gasteiger partial charge in [-0.2, -0.15) is 0 Å². The van der Waals surface area contributed by atoms with E-state index in [2.05, 4.69) is 36.5 Å². The van der Waals surface area contributed by atoms with E-state index in [0.717, 1.165) is 12.8 Å². The van der Waals surface area contributed by atoms with Gasteiger partial charge in [0.1, 0.15) is 0 Å². The van der Waals surface area contributed by atoms with E-state index in [9.17, 15) is 0 Å². The number of thiocarbonyl (C=S) groups is 2. The summed E-state index contributed by atoms with van der Waals surface area (Å²) in [6, 6.07) is 15.0. The Morgan fingerprint density at radius 3 is 1.52 bits per heavy atom. The monoisotopic (exact) mass is 526 g/mol. The maximum atomic E-state index is 6.83. The summed E-state index contributed by atoms with van der Waals surface area (Å²) in [5, 5.41) is 0. The molecule has 31 heavy (non-hydrogen) atoms. The summed E-state index contributed by atoms with van der Waals surface area (Å²) in [4.78, 5) is 0. The zero-order valence-corrected chi connectivity index (χ0v) is 20.7. The Hall–Kier alpha value is -2.34. The molecule has 0 heterocycles. The summed E-state index contributed by atoms with van der Waals surface area (Å²) in [5.41, 5.74) is 2.47. The molecule has 7 heteroatoms. The van der Waals surface area contributed by atoms with Crippen LogP contribution in [-0.4, -0.2) is 11.1 Å². The average molecular weight is 528 g/mol. The third kappa shape index (κ3) is 5.12. The van der Waals surface area contributed by atoms with Crippen LogP contribution in [0.4, 0.5) is 0 Å². The predicted molar refractivity (Wildman–Crippen MR) is 126 cm³/mol. The summed E-state index contributed by atoms with van der Waals surface area (Å²) < 4.78 is 26.8. The molecule has 0 fully saturated rings. The van der Waals surface area contributed by atoms with Crippen LogP contribution < -0.4 is 15.1 Å². The summed E-state index contributed by atoms with van der Waals surface area (Å²) in [5.74, 6) is 2.64. The maximum absolute atomic E-state index is 6.83. The van der Waals surface area contributed by atoms with E-state index in [0.29, 0.717) is 23.0 Å².